The van der Waals surface area contributed by atoms with Crippen LogP contribution < -0.4 is 15.4 Å². The van der Waals surface area contributed by atoms with Gasteiger partial charge in [0.2, 0.25) is 5.89 Å². The van der Waals surface area contributed by atoms with Crippen molar-refractivity contribution in [2.24, 2.45) is 4.99 Å². The van der Waals surface area contributed by atoms with Gasteiger partial charge in [-0.2, -0.15) is 8.78 Å². The largest absolute Gasteiger partial charge is 0.439 e. The smallest absolute Gasteiger partial charge is 0.387 e. The van der Waals surface area contributed by atoms with Gasteiger partial charge in [0, 0.05) is 18.7 Å². The third-order valence-corrected chi connectivity index (χ3v) is 4.28. The fourth-order valence-electron chi connectivity index (χ4n) is 2.79. The average Bonchev–Trinajstić information content (AvgIpc) is 3.25. The molecule has 0 fully saturated rings. The molecule has 3 N–H and O–H groups in total. The van der Waals surface area contributed by atoms with E-state index < -0.39 is 12.7 Å². The number of hydrogen-bond donors (Lipinski definition) is 3. The van der Waals surface area contributed by atoms with E-state index in [1.807, 2.05) is 37.3 Å². The van der Waals surface area contributed by atoms with Gasteiger partial charge in [0.15, 0.2) is 11.7 Å². The first-order valence-corrected chi connectivity index (χ1v) is 9.80. The molecule has 0 amide bonds. The second-order valence-electron chi connectivity index (χ2n) is 6.52. The van der Waals surface area contributed by atoms with Crippen LogP contribution in [-0.2, 0) is 6.54 Å². The summed E-state index contributed by atoms with van der Waals surface area (Å²) in [6.45, 7) is 0.0552. The standard InChI is InChI=1S/C22H24F2N4O3.HI/c1-2-25-22(27-12-18(29)15-8-10-17(11-9-15)30-21(23)24)28-14-20-26-13-19(31-20)16-6-4-3-5-7-16;/h3-11,13,18,21,29H,2,12,14H2,1H3,(H2,25,27,28);1H. The van der Waals surface area contributed by atoms with Crippen LogP contribution in [0.25, 0.3) is 11.3 Å². The number of hydrogen-bond acceptors (Lipinski definition) is 5. The van der Waals surface area contributed by atoms with Crippen molar-refractivity contribution in [3.63, 3.8) is 0 Å². The lowest BCUT2D eigenvalue weighted by Crippen LogP contribution is -2.39. The van der Waals surface area contributed by atoms with Crippen LogP contribution in [0.1, 0.15) is 24.5 Å². The number of aliphatic hydroxyl groups excluding tert-OH is 1. The van der Waals surface area contributed by atoms with Crippen LogP contribution >= 0.6 is 24.0 Å². The van der Waals surface area contributed by atoms with E-state index in [2.05, 4.69) is 25.3 Å². The molecule has 3 rings (SSSR count). The first-order valence-electron chi connectivity index (χ1n) is 9.80. The molecule has 2 aromatic carbocycles. The predicted octanol–water partition coefficient (Wildman–Crippen LogP) is 4.35. The van der Waals surface area contributed by atoms with Crippen LogP contribution in [0.4, 0.5) is 8.78 Å². The molecule has 32 heavy (non-hydrogen) atoms. The number of aliphatic hydroxyl groups is 1. The minimum Gasteiger partial charge on any atom is -0.439 e. The fraction of sp³-hybridized carbons (Fsp3) is 0.273. The zero-order valence-electron chi connectivity index (χ0n) is 17.4. The molecule has 0 aliphatic heterocycles. The van der Waals surface area contributed by atoms with Gasteiger partial charge < -0.3 is 24.9 Å². The van der Waals surface area contributed by atoms with Gasteiger partial charge in [0.25, 0.3) is 0 Å². The molecular weight excluding hydrogens is 533 g/mol. The highest BCUT2D eigenvalue weighted by Crippen LogP contribution is 2.20. The van der Waals surface area contributed by atoms with Gasteiger partial charge in [-0.1, -0.05) is 42.5 Å². The zero-order valence-corrected chi connectivity index (χ0v) is 19.7. The maximum absolute atomic E-state index is 12.2. The van der Waals surface area contributed by atoms with E-state index in [1.54, 1.807) is 6.20 Å². The third kappa shape index (κ3) is 7.75. The van der Waals surface area contributed by atoms with Gasteiger partial charge in [-0.05, 0) is 24.6 Å². The fourth-order valence-corrected chi connectivity index (χ4v) is 2.79. The molecule has 0 aliphatic carbocycles. The number of alkyl halides is 2. The van der Waals surface area contributed by atoms with Crippen molar-refractivity contribution in [2.45, 2.75) is 26.2 Å². The van der Waals surface area contributed by atoms with Crippen molar-refractivity contribution >= 4 is 29.9 Å². The van der Waals surface area contributed by atoms with Crippen LogP contribution in [0.15, 0.2) is 70.2 Å². The highest BCUT2D eigenvalue weighted by atomic mass is 127. The van der Waals surface area contributed by atoms with E-state index >= 15 is 0 Å². The number of oxazole rings is 1. The highest BCUT2D eigenvalue weighted by molar-refractivity contribution is 14.0. The summed E-state index contributed by atoms with van der Waals surface area (Å²) in [6.07, 6.45) is 0.794. The van der Waals surface area contributed by atoms with Gasteiger partial charge in [0.05, 0.1) is 12.3 Å². The van der Waals surface area contributed by atoms with Gasteiger partial charge in [-0.15, -0.1) is 24.0 Å². The average molecular weight is 558 g/mol. The van der Waals surface area contributed by atoms with Crippen molar-refractivity contribution < 1.29 is 23.0 Å². The number of aromatic nitrogens is 1. The molecule has 10 heteroatoms. The quantitative estimate of drug-likeness (QED) is 0.206. The maximum atomic E-state index is 12.2. The summed E-state index contributed by atoms with van der Waals surface area (Å²) in [4.78, 5) is 8.68. The Bertz CT molecular complexity index is 969. The predicted molar refractivity (Wildman–Crippen MR) is 128 cm³/mol. The summed E-state index contributed by atoms with van der Waals surface area (Å²) in [5, 5.41) is 16.5. The Balaban J connectivity index is 0.00000363. The molecule has 0 saturated carbocycles. The molecule has 1 unspecified atom stereocenters. The van der Waals surface area contributed by atoms with Crippen molar-refractivity contribution in [3.05, 3.63) is 72.2 Å². The molecule has 7 nitrogen and oxygen atoms in total. The molecule has 1 aromatic heterocycles. The lowest BCUT2D eigenvalue weighted by atomic mass is 10.1. The molecular formula is C22H25F2IN4O3. The Morgan fingerprint density at radius 1 is 1.12 bits per heavy atom. The number of benzene rings is 2. The number of halogens is 3. The minimum absolute atomic E-state index is 0. The van der Waals surface area contributed by atoms with Crippen LogP contribution in [0.2, 0.25) is 0 Å². The number of aliphatic imine (C=N–C) groups is 1. The Morgan fingerprint density at radius 2 is 1.84 bits per heavy atom. The van der Waals surface area contributed by atoms with E-state index in [9.17, 15) is 13.9 Å². The first kappa shape index (κ1) is 25.5. The number of guanidine groups is 1. The van der Waals surface area contributed by atoms with E-state index in [0.29, 0.717) is 29.7 Å². The van der Waals surface area contributed by atoms with E-state index in [-0.39, 0.29) is 42.8 Å². The third-order valence-electron chi connectivity index (χ3n) is 4.28. The molecule has 0 bridgehead atoms. The summed E-state index contributed by atoms with van der Waals surface area (Å²) < 4.78 is 34.5. The van der Waals surface area contributed by atoms with Gasteiger partial charge in [-0.3, -0.25) is 0 Å². The molecule has 0 saturated heterocycles. The molecule has 172 valence electrons. The minimum atomic E-state index is -2.89. The summed E-state index contributed by atoms with van der Waals surface area (Å²) in [5.41, 5.74) is 1.49. The molecule has 1 heterocycles. The molecule has 0 spiro atoms. The lowest BCUT2D eigenvalue weighted by molar-refractivity contribution is -0.0498. The van der Waals surface area contributed by atoms with Gasteiger partial charge in [0.1, 0.15) is 12.3 Å². The highest BCUT2D eigenvalue weighted by Gasteiger charge is 2.11. The van der Waals surface area contributed by atoms with Crippen molar-refractivity contribution in [2.75, 3.05) is 13.1 Å². The summed E-state index contributed by atoms with van der Waals surface area (Å²) in [6, 6.07) is 15.5. The van der Waals surface area contributed by atoms with Crippen molar-refractivity contribution in [1.29, 1.82) is 0 Å². The summed E-state index contributed by atoms with van der Waals surface area (Å²) in [7, 11) is 0. The van der Waals surface area contributed by atoms with Gasteiger partial charge >= 0.3 is 6.61 Å². The van der Waals surface area contributed by atoms with Crippen molar-refractivity contribution in [3.8, 4) is 17.1 Å². The number of nitrogens with zero attached hydrogens (tertiary/aromatic N) is 2. The normalized spacial score (nSPS) is 12.2. The zero-order chi connectivity index (χ0) is 22.1. The Morgan fingerprint density at radius 3 is 2.50 bits per heavy atom. The number of nitrogens with one attached hydrogen (secondary N) is 2. The Hall–Kier alpha value is -2.73. The second kappa shape index (κ2) is 13.0. The Kier molecular flexibility index (Phi) is 10.3. The topological polar surface area (TPSA) is 91.9 Å². The molecule has 3 aromatic rings. The van der Waals surface area contributed by atoms with E-state index in [4.69, 9.17) is 4.42 Å². The summed E-state index contributed by atoms with van der Waals surface area (Å²) >= 11 is 0. The first-order chi connectivity index (χ1) is 15.0. The maximum Gasteiger partial charge on any atom is 0.387 e. The Labute approximate surface area is 201 Å². The van der Waals surface area contributed by atoms with Crippen LogP contribution in [0.3, 0.4) is 0 Å². The summed E-state index contributed by atoms with van der Waals surface area (Å²) in [5.74, 6) is 1.65. The van der Waals surface area contributed by atoms with Crippen molar-refractivity contribution in [1.82, 2.24) is 15.6 Å². The van der Waals surface area contributed by atoms with Crippen LogP contribution in [-0.4, -0.2) is 35.8 Å². The number of ether oxygens (including phenoxy) is 1. The monoisotopic (exact) mass is 558 g/mol. The SMILES string of the molecule is CCNC(=NCc1ncc(-c2ccccc2)o1)NCC(O)c1ccc(OC(F)F)cc1.I. The molecule has 0 aliphatic rings. The second-order valence-corrected chi connectivity index (χ2v) is 6.52. The van der Waals surface area contributed by atoms with E-state index in [1.165, 1.54) is 24.3 Å². The lowest BCUT2D eigenvalue weighted by Gasteiger charge is -2.15. The van der Waals surface area contributed by atoms with E-state index in [0.717, 1.165) is 5.56 Å². The number of rotatable bonds is 9. The van der Waals surface area contributed by atoms with Crippen LogP contribution in [0, 0.1) is 0 Å². The van der Waals surface area contributed by atoms with Crippen LogP contribution in [0.5, 0.6) is 5.75 Å². The molecule has 0 radical (unpaired) electrons. The van der Waals surface area contributed by atoms with Gasteiger partial charge in [-0.25, -0.2) is 9.98 Å². The molecule has 1 atom stereocenters.